The van der Waals surface area contributed by atoms with Crippen molar-refractivity contribution in [1.82, 2.24) is 4.90 Å². The monoisotopic (exact) mass is 361 g/mol. The van der Waals surface area contributed by atoms with E-state index in [0.717, 1.165) is 40.4 Å². The summed E-state index contributed by atoms with van der Waals surface area (Å²) in [4.78, 5) is 14.2. The molecular weight excluding hydrogens is 346 g/mol. The summed E-state index contributed by atoms with van der Waals surface area (Å²) in [6.07, 6.45) is 0.979. The highest BCUT2D eigenvalue weighted by Gasteiger charge is 2.14. The summed E-state index contributed by atoms with van der Waals surface area (Å²) in [5.41, 5.74) is 1.85. The molecule has 2 nitrogen and oxygen atoms in total. The first-order valence-corrected chi connectivity index (χ1v) is 7.62. The van der Waals surface area contributed by atoms with E-state index in [-0.39, 0.29) is 5.91 Å². The number of aryl methyl sites for hydroxylation is 1. The summed E-state index contributed by atoms with van der Waals surface area (Å²) in [7, 11) is 0. The summed E-state index contributed by atoms with van der Waals surface area (Å²) < 4.78 is 0.956. The third-order valence-corrected chi connectivity index (χ3v) is 3.54. The van der Waals surface area contributed by atoms with Crippen LogP contribution in [0.2, 0.25) is 0 Å². The van der Waals surface area contributed by atoms with Crippen LogP contribution in [0.25, 0.3) is 0 Å². The van der Waals surface area contributed by atoms with Crippen molar-refractivity contribution in [2.45, 2.75) is 20.3 Å². The van der Waals surface area contributed by atoms with Gasteiger partial charge in [-0.1, -0.05) is 31.9 Å². The first kappa shape index (κ1) is 14.7. The molecule has 0 aromatic heterocycles. The van der Waals surface area contributed by atoms with E-state index in [0.29, 0.717) is 0 Å². The number of nitrogens with zero attached hydrogens (tertiary/aromatic N) is 1. The van der Waals surface area contributed by atoms with Crippen molar-refractivity contribution in [3.05, 3.63) is 33.8 Å². The molecule has 0 fully saturated rings. The van der Waals surface area contributed by atoms with Gasteiger partial charge in [-0.25, -0.2) is 0 Å². The maximum absolute atomic E-state index is 12.3. The van der Waals surface area contributed by atoms with Gasteiger partial charge in [-0.3, -0.25) is 4.79 Å². The third-order valence-electron chi connectivity index (χ3n) is 2.52. The Morgan fingerprint density at radius 2 is 2.06 bits per heavy atom. The highest BCUT2D eigenvalue weighted by Crippen LogP contribution is 2.17. The molecule has 1 aromatic rings. The van der Waals surface area contributed by atoms with Crippen LogP contribution in [0.3, 0.4) is 0 Å². The molecule has 0 spiro atoms. The molecule has 0 saturated carbocycles. The fourth-order valence-electron chi connectivity index (χ4n) is 1.70. The second kappa shape index (κ2) is 7.17. The Kier molecular flexibility index (Phi) is 6.20. The van der Waals surface area contributed by atoms with Gasteiger partial charge < -0.3 is 4.90 Å². The van der Waals surface area contributed by atoms with Gasteiger partial charge >= 0.3 is 0 Å². The minimum absolute atomic E-state index is 0.109. The first-order chi connectivity index (χ1) is 8.08. The number of benzene rings is 1. The lowest BCUT2D eigenvalue weighted by atomic mass is 10.1. The maximum Gasteiger partial charge on any atom is 0.253 e. The predicted molar refractivity (Wildman–Crippen MR) is 78.9 cm³/mol. The average Bonchev–Trinajstić information content (AvgIpc) is 2.28. The van der Waals surface area contributed by atoms with E-state index in [9.17, 15) is 4.79 Å². The molecule has 1 rings (SSSR count). The van der Waals surface area contributed by atoms with Gasteiger partial charge in [-0.05, 0) is 44.0 Å². The number of hydrogen-bond acceptors (Lipinski definition) is 1. The van der Waals surface area contributed by atoms with E-state index in [1.807, 2.05) is 36.9 Å². The van der Waals surface area contributed by atoms with Crippen LogP contribution in [0.4, 0.5) is 0 Å². The molecule has 0 unspecified atom stereocenters. The first-order valence-electron chi connectivity index (χ1n) is 5.71. The number of carbonyl (C=O) groups excluding carboxylic acids is 1. The number of halogens is 2. The van der Waals surface area contributed by atoms with Crippen molar-refractivity contribution in [3.8, 4) is 0 Å². The predicted octanol–water partition coefficient (Wildman–Crippen LogP) is 4.00. The van der Waals surface area contributed by atoms with Crippen LogP contribution < -0.4 is 0 Å². The molecule has 4 heteroatoms. The fourth-order valence-corrected chi connectivity index (χ4v) is 2.55. The molecule has 0 bridgehead atoms. The molecule has 0 aliphatic rings. The Morgan fingerprint density at radius 3 is 2.59 bits per heavy atom. The minimum atomic E-state index is 0.109. The maximum atomic E-state index is 12.3. The van der Waals surface area contributed by atoms with Crippen LogP contribution in [0.15, 0.2) is 22.7 Å². The van der Waals surface area contributed by atoms with Gasteiger partial charge in [0.25, 0.3) is 5.91 Å². The summed E-state index contributed by atoms with van der Waals surface area (Å²) in [6, 6.07) is 5.82. The normalized spacial score (nSPS) is 10.4. The quantitative estimate of drug-likeness (QED) is 0.725. The van der Waals surface area contributed by atoms with Gasteiger partial charge in [0.15, 0.2) is 0 Å². The van der Waals surface area contributed by atoms with E-state index >= 15 is 0 Å². The molecule has 17 heavy (non-hydrogen) atoms. The van der Waals surface area contributed by atoms with E-state index < -0.39 is 0 Å². The summed E-state index contributed by atoms with van der Waals surface area (Å²) >= 11 is 6.82. The zero-order valence-corrected chi connectivity index (χ0v) is 13.3. The van der Waals surface area contributed by atoms with Crippen molar-refractivity contribution >= 4 is 37.8 Å². The molecule has 0 heterocycles. The molecule has 0 radical (unpaired) electrons. The highest BCUT2D eigenvalue weighted by atomic mass is 79.9. The van der Waals surface area contributed by atoms with E-state index in [1.54, 1.807) is 0 Å². The molecule has 0 N–H and O–H groups in total. The number of hydrogen-bond donors (Lipinski definition) is 0. The average molecular weight is 363 g/mol. The van der Waals surface area contributed by atoms with Crippen LogP contribution >= 0.6 is 31.9 Å². The minimum Gasteiger partial charge on any atom is -0.339 e. The molecule has 0 aliphatic carbocycles. The van der Waals surface area contributed by atoms with Crippen molar-refractivity contribution in [1.29, 1.82) is 0 Å². The van der Waals surface area contributed by atoms with Crippen LogP contribution in [0, 0.1) is 6.92 Å². The lowest BCUT2D eigenvalue weighted by Gasteiger charge is -2.20. The van der Waals surface area contributed by atoms with Gasteiger partial charge in [-0.2, -0.15) is 0 Å². The van der Waals surface area contributed by atoms with E-state index in [1.165, 1.54) is 0 Å². The Morgan fingerprint density at radius 1 is 1.35 bits per heavy atom. The Bertz CT molecular complexity index is 373. The van der Waals surface area contributed by atoms with E-state index in [4.69, 9.17) is 0 Å². The Labute approximate surface area is 120 Å². The Balaban J connectivity index is 2.85. The molecule has 0 aliphatic heterocycles. The standard InChI is InChI=1S/C13H17Br2NO/c1-3-16(6-4-5-14)13(17)11-7-10(2)8-12(15)9-11/h7-9H,3-6H2,1-2H3. The van der Waals surface area contributed by atoms with Gasteiger partial charge in [0, 0.05) is 28.5 Å². The van der Waals surface area contributed by atoms with E-state index in [2.05, 4.69) is 31.9 Å². The Hall–Kier alpha value is -0.350. The molecule has 1 amide bonds. The van der Waals surface area contributed by atoms with Crippen molar-refractivity contribution < 1.29 is 4.79 Å². The number of amides is 1. The van der Waals surface area contributed by atoms with Gasteiger partial charge in [0.1, 0.15) is 0 Å². The molecular formula is C13H17Br2NO. The second-order valence-corrected chi connectivity index (χ2v) is 5.65. The number of alkyl halides is 1. The SMILES string of the molecule is CCN(CCCBr)C(=O)c1cc(C)cc(Br)c1. The van der Waals surface area contributed by atoms with Crippen molar-refractivity contribution in [2.75, 3.05) is 18.4 Å². The largest absolute Gasteiger partial charge is 0.339 e. The summed E-state index contributed by atoms with van der Waals surface area (Å²) in [5.74, 6) is 0.109. The smallest absolute Gasteiger partial charge is 0.253 e. The lowest BCUT2D eigenvalue weighted by Crippen LogP contribution is -2.32. The molecule has 94 valence electrons. The van der Waals surface area contributed by atoms with Crippen LogP contribution in [0.5, 0.6) is 0 Å². The summed E-state index contributed by atoms with van der Waals surface area (Å²) in [5, 5.41) is 0.925. The van der Waals surface area contributed by atoms with Crippen LogP contribution in [-0.4, -0.2) is 29.2 Å². The third kappa shape index (κ3) is 4.43. The zero-order valence-electron chi connectivity index (χ0n) is 10.2. The highest BCUT2D eigenvalue weighted by molar-refractivity contribution is 9.10. The molecule has 0 atom stereocenters. The van der Waals surface area contributed by atoms with Crippen molar-refractivity contribution in [2.24, 2.45) is 0 Å². The number of carbonyl (C=O) groups is 1. The van der Waals surface area contributed by atoms with Gasteiger partial charge in [0.2, 0.25) is 0 Å². The lowest BCUT2D eigenvalue weighted by molar-refractivity contribution is 0.0765. The number of rotatable bonds is 5. The topological polar surface area (TPSA) is 20.3 Å². The van der Waals surface area contributed by atoms with Crippen LogP contribution in [0.1, 0.15) is 29.3 Å². The fraction of sp³-hybridized carbons (Fsp3) is 0.462. The zero-order chi connectivity index (χ0) is 12.8. The van der Waals surface area contributed by atoms with Crippen LogP contribution in [-0.2, 0) is 0 Å². The van der Waals surface area contributed by atoms with Crippen molar-refractivity contribution in [3.63, 3.8) is 0 Å². The second-order valence-electron chi connectivity index (χ2n) is 3.94. The summed E-state index contributed by atoms with van der Waals surface area (Å²) in [6.45, 7) is 5.55. The van der Waals surface area contributed by atoms with Gasteiger partial charge in [0.05, 0.1) is 0 Å². The molecule has 1 aromatic carbocycles. The molecule has 0 saturated heterocycles. The van der Waals surface area contributed by atoms with Gasteiger partial charge in [-0.15, -0.1) is 0 Å².